The van der Waals surface area contributed by atoms with E-state index in [0.29, 0.717) is 31.0 Å². The summed E-state index contributed by atoms with van der Waals surface area (Å²) >= 11 is 10.1. The number of likely N-dealkylation sites (tertiary alicyclic amines) is 1. The molecule has 3 heterocycles. The molecule has 0 unspecified atom stereocenters. The smallest absolute Gasteiger partial charge is 0.267 e. The van der Waals surface area contributed by atoms with E-state index in [0.717, 1.165) is 27.8 Å². The van der Waals surface area contributed by atoms with Crippen LogP contribution in [0.3, 0.4) is 0 Å². The summed E-state index contributed by atoms with van der Waals surface area (Å²) in [5.41, 5.74) is 2.61. The van der Waals surface area contributed by atoms with Gasteiger partial charge in [-0.25, -0.2) is 0 Å². The standard InChI is InChI=1S/C26H25ClN4O4S/c27-18-7-8-21-17(11-18)12-19(30(21)10-4-3-9-28)13-31-22-6-2-1-5-20(22)25(23(31)33)14-29(15-25)24(34)26(35,36)16-32/h1-2,5-8,11-12,32,35-36H,3-4,10,13-16H2/t26-/m0/s1. The molecule has 36 heavy (non-hydrogen) atoms. The van der Waals surface area contributed by atoms with Crippen LogP contribution in [0.25, 0.3) is 10.9 Å². The number of aliphatic hydroxyl groups excluding tert-OH is 1. The Labute approximate surface area is 218 Å². The van der Waals surface area contributed by atoms with Gasteiger partial charge >= 0.3 is 0 Å². The molecule has 1 fully saturated rings. The Bertz CT molecular complexity index is 1410. The molecule has 3 aromatic rings. The highest BCUT2D eigenvalue weighted by molar-refractivity contribution is 7.82. The SMILES string of the molecule is N#CCCCn1c(CN2C(=O)C3(CN(C(=O)[C@@](O)(S)CO)C3)c3ccccc32)cc2cc(Cl)ccc21. The summed E-state index contributed by atoms with van der Waals surface area (Å²) in [6.07, 6.45) is 1.11. The van der Waals surface area contributed by atoms with Crippen molar-refractivity contribution in [3.8, 4) is 6.07 Å². The summed E-state index contributed by atoms with van der Waals surface area (Å²) in [4.78, 5) is 27.4. The van der Waals surface area contributed by atoms with Crippen molar-refractivity contribution in [3.63, 3.8) is 0 Å². The monoisotopic (exact) mass is 524 g/mol. The number of benzene rings is 2. The minimum absolute atomic E-state index is 0.0990. The van der Waals surface area contributed by atoms with E-state index >= 15 is 0 Å². The quantitative estimate of drug-likeness (QED) is 0.250. The first-order valence-electron chi connectivity index (χ1n) is 11.6. The molecule has 1 spiro atoms. The Kier molecular flexibility index (Phi) is 6.25. The minimum atomic E-state index is -2.19. The highest BCUT2D eigenvalue weighted by atomic mass is 35.5. The number of aryl methyl sites for hydroxylation is 1. The topological polar surface area (TPSA) is 110 Å². The van der Waals surface area contributed by atoms with Crippen LogP contribution in [-0.2, 0) is 28.1 Å². The molecule has 8 nitrogen and oxygen atoms in total. The number of aromatic nitrogens is 1. The summed E-state index contributed by atoms with van der Waals surface area (Å²) in [6, 6.07) is 17.4. The van der Waals surface area contributed by atoms with E-state index in [9.17, 15) is 19.8 Å². The van der Waals surface area contributed by atoms with E-state index in [1.165, 1.54) is 4.90 Å². The fourth-order valence-corrected chi connectivity index (χ4v) is 5.62. The lowest BCUT2D eigenvalue weighted by Crippen LogP contribution is -2.68. The van der Waals surface area contributed by atoms with E-state index < -0.39 is 22.9 Å². The molecule has 2 aliphatic rings. The number of nitrogens with zero attached hydrogens (tertiary/aromatic N) is 4. The fourth-order valence-electron chi connectivity index (χ4n) is 5.30. The van der Waals surface area contributed by atoms with Crippen LogP contribution in [0, 0.1) is 11.3 Å². The zero-order chi connectivity index (χ0) is 25.7. The van der Waals surface area contributed by atoms with Crippen molar-refractivity contribution < 1.29 is 19.8 Å². The zero-order valence-electron chi connectivity index (χ0n) is 19.4. The number of rotatable bonds is 7. The molecule has 5 rings (SSSR count). The molecular formula is C26H25ClN4O4S. The van der Waals surface area contributed by atoms with Crippen molar-refractivity contribution >= 4 is 52.6 Å². The van der Waals surface area contributed by atoms with Crippen molar-refractivity contribution in [1.82, 2.24) is 9.47 Å². The number of anilines is 1. The lowest BCUT2D eigenvalue weighted by atomic mass is 9.74. The number of aliphatic hydroxyl groups is 2. The highest BCUT2D eigenvalue weighted by Crippen LogP contribution is 2.48. The first kappa shape index (κ1) is 24.7. The number of nitriles is 1. The number of unbranched alkanes of at least 4 members (excludes halogenated alkanes) is 1. The summed E-state index contributed by atoms with van der Waals surface area (Å²) in [7, 11) is 0. The number of para-hydroxylation sites is 1. The average molecular weight is 525 g/mol. The molecule has 186 valence electrons. The number of halogens is 1. The Morgan fingerprint density at radius 2 is 1.97 bits per heavy atom. The Morgan fingerprint density at radius 3 is 2.69 bits per heavy atom. The van der Waals surface area contributed by atoms with Gasteiger partial charge in [0, 0.05) is 53.4 Å². The van der Waals surface area contributed by atoms with Gasteiger partial charge in [-0.1, -0.05) is 29.8 Å². The summed E-state index contributed by atoms with van der Waals surface area (Å²) < 4.78 is 2.13. The number of hydrogen-bond donors (Lipinski definition) is 3. The first-order chi connectivity index (χ1) is 17.2. The van der Waals surface area contributed by atoms with Gasteiger partial charge in [0.1, 0.15) is 5.41 Å². The van der Waals surface area contributed by atoms with Crippen molar-refractivity contribution in [2.45, 2.75) is 36.3 Å². The number of fused-ring (bicyclic) bond motifs is 3. The molecular weight excluding hydrogens is 500 g/mol. The number of thiol groups is 1. The van der Waals surface area contributed by atoms with Crippen LogP contribution in [0.4, 0.5) is 5.69 Å². The third-order valence-electron chi connectivity index (χ3n) is 7.08. The maximum Gasteiger partial charge on any atom is 0.267 e. The molecule has 1 atom stereocenters. The van der Waals surface area contributed by atoms with Gasteiger partial charge in [-0.2, -0.15) is 5.26 Å². The second kappa shape index (κ2) is 9.12. The maximum absolute atomic E-state index is 13.9. The molecule has 1 aromatic heterocycles. The minimum Gasteiger partial charge on any atom is -0.392 e. The number of carbonyl (C=O) groups is 2. The molecule has 2 amide bonds. The van der Waals surface area contributed by atoms with E-state index in [1.54, 1.807) is 4.90 Å². The van der Waals surface area contributed by atoms with Gasteiger partial charge in [0.25, 0.3) is 5.91 Å². The van der Waals surface area contributed by atoms with Gasteiger partial charge < -0.3 is 24.6 Å². The number of carbonyl (C=O) groups excluding carboxylic acids is 2. The normalized spacial score (nSPS) is 17.7. The second-order valence-electron chi connectivity index (χ2n) is 9.38. The molecule has 2 aromatic carbocycles. The van der Waals surface area contributed by atoms with Crippen LogP contribution in [0.2, 0.25) is 5.02 Å². The molecule has 0 aliphatic carbocycles. The van der Waals surface area contributed by atoms with E-state index in [4.69, 9.17) is 16.9 Å². The Balaban J connectivity index is 1.48. The maximum atomic E-state index is 13.9. The summed E-state index contributed by atoms with van der Waals surface area (Å²) in [5, 5.41) is 30.0. The molecule has 2 N–H and O–H groups in total. The van der Waals surface area contributed by atoms with Gasteiger partial charge in [0.15, 0.2) is 0 Å². The van der Waals surface area contributed by atoms with Crippen LogP contribution in [0.15, 0.2) is 48.5 Å². The summed E-state index contributed by atoms with van der Waals surface area (Å²) in [6.45, 7) is 0.323. The third kappa shape index (κ3) is 3.85. The van der Waals surface area contributed by atoms with Crippen molar-refractivity contribution in [2.75, 3.05) is 24.6 Å². The molecule has 10 heteroatoms. The molecule has 2 aliphatic heterocycles. The van der Waals surface area contributed by atoms with Crippen LogP contribution in [0.1, 0.15) is 24.1 Å². The molecule has 0 bridgehead atoms. The van der Waals surface area contributed by atoms with E-state index in [1.807, 2.05) is 48.5 Å². The van der Waals surface area contributed by atoms with Crippen LogP contribution >= 0.6 is 24.2 Å². The Hall–Kier alpha value is -3.03. The third-order valence-corrected chi connectivity index (χ3v) is 7.64. The van der Waals surface area contributed by atoms with Crippen LogP contribution in [-0.4, -0.2) is 56.1 Å². The average Bonchev–Trinajstić information content (AvgIpc) is 3.30. The molecule has 0 radical (unpaired) electrons. The molecule has 1 saturated heterocycles. The Morgan fingerprint density at radius 1 is 1.22 bits per heavy atom. The zero-order valence-corrected chi connectivity index (χ0v) is 21.0. The van der Waals surface area contributed by atoms with Crippen molar-refractivity contribution in [1.29, 1.82) is 5.26 Å². The van der Waals surface area contributed by atoms with Gasteiger partial charge in [0.05, 0.1) is 19.2 Å². The lowest BCUT2D eigenvalue weighted by Gasteiger charge is -2.48. The second-order valence-corrected chi connectivity index (χ2v) is 10.6. The number of hydrogen-bond acceptors (Lipinski definition) is 6. The predicted molar refractivity (Wildman–Crippen MR) is 139 cm³/mol. The van der Waals surface area contributed by atoms with Gasteiger partial charge in [-0.15, -0.1) is 12.6 Å². The van der Waals surface area contributed by atoms with Crippen LogP contribution < -0.4 is 4.90 Å². The number of amides is 2. The van der Waals surface area contributed by atoms with Crippen LogP contribution in [0.5, 0.6) is 0 Å². The first-order valence-corrected chi connectivity index (χ1v) is 12.5. The fraction of sp³-hybridized carbons (Fsp3) is 0.346. The van der Waals surface area contributed by atoms with E-state index in [2.05, 4.69) is 23.3 Å². The highest BCUT2D eigenvalue weighted by Gasteiger charge is 2.60. The predicted octanol–water partition coefficient (Wildman–Crippen LogP) is 2.84. The summed E-state index contributed by atoms with van der Waals surface area (Å²) in [5.74, 6) is -0.844. The van der Waals surface area contributed by atoms with Crippen molar-refractivity contribution in [2.24, 2.45) is 0 Å². The van der Waals surface area contributed by atoms with Crippen molar-refractivity contribution in [3.05, 3.63) is 64.8 Å². The lowest BCUT2D eigenvalue weighted by molar-refractivity contribution is -0.155. The van der Waals surface area contributed by atoms with E-state index in [-0.39, 0.29) is 19.0 Å². The van der Waals surface area contributed by atoms with Gasteiger partial charge in [-0.05, 0) is 42.3 Å². The largest absolute Gasteiger partial charge is 0.392 e. The molecule has 0 saturated carbocycles. The van der Waals surface area contributed by atoms with Gasteiger partial charge in [0.2, 0.25) is 10.8 Å². The van der Waals surface area contributed by atoms with Gasteiger partial charge in [-0.3, -0.25) is 9.59 Å².